The zero-order valence-electron chi connectivity index (χ0n) is 14.1. The van der Waals surface area contributed by atoms with Gasteiger partial charge in [0.15, 0.2) is 21.5 Å². The molecule has 0 aliphatic carbocycles. The molecule has 3 rings (SSSR count). The van der Waals surface area contributed by atoms with E-state index in [4.69, 9.17) is 0 Å². The van der Waals surface area contributed by atoms with Crippen molar-refractivity contribution >= 4 is 21.5 Å². The molecule has 0 saturated heterocycles. The van der Waals surface area contributed by atoms with Crippen LogP contribution in [0.1, 0.15) is 11.1 Å². The lowest BCUT2D eigenvalue weighted by atomic mass is 10.2. The van der Waals surface area contributed by atoms with Gasteiger partial charge >= 0.3 is 0 Å². The van der Waals surface area contributed by atoms with Crippen molar-refractivity contribution in [2.75, 3.05) is 11.6 Å². The molecule has 136 valence electrons. The molecule has 0 amide bonds. The van der Waals surface area contributed by atoms with Crippen LogP contribution in [0.3, 0.4) is 0 Å². The maximum absolute atomic E-state index is 14.1. The van der Waals surface area contributed by atoms with E-state index in [9.17, 15) is 17.9 Å². The number of aromatic nitrogens is 3. The molecule has 7 nitrogen and oxygen atoms in total. The molecule has 0 unspecified atom stereocenters. The van der Waals surface area contributed by atoms with Crippen LogP contribution >= 0.6 is 0 Å². The first-order valence-electron chi connectivity index (χ1n) is 7.66. The van der Waals surface area contributed by atoms with E-state index in [0.717, 1.165) is 18.0 Å². The van der Waals surface area contributed by atoms with Crippen LogP contribution in [0.25, 0.3) is 5.82 Å². The summed E-state index contributed by atoms with van der Waals surface area (Å²) in [7, 11) is -3.28. The van der Waals surface area contributed by atoms with E-state index in [1.54, 1.807) is 24.5 Å². The zero-order chi connectivity index (χ0) is 18.9. The Bertz CT molecular complexity index is 1050. The van der Waals surface area contributed by atoms with E-state index >= 15 is 0 Å². The van der Waals surface area contributed by atoms with E-state index in [-0.39, 0.29) is 23.3 Å². The number of nitrogens with zero attached hydrogens (tertiary/aromatic N) is 3. The molecule has 0 spiro atoms. The van der Waals surface area contributed by atoms with Gasteiger partial charge in [-0.3, -0.25) is 0 Å². The van der Waals surface area contributed by atoms with Crippen molar-refractivity contribution < 1.29 is 17.9 Å². The molecule has 3 aromatic rings. The number of nitrogens with one attached hydrogen (secondary N) is 1. The fraction of sp³-hybridized carbons (Fsp3) is 0.176. The number of anilines is 2. The van der Waals surface area contributed by atoms with Crippen LogP contribution in [0.2, 0.25) is 0 Å². The minimum atomic E-state index is -3.28. The molecule has 1 aromatic carbocycles. The van der Waals surface area contributed by atoms with Crippen molar-refractivity contribution in [1.82, 2.24) is 14.5 Å². The second-order valence-electron chi connectivity index (χ2n) is 5.82. The Kier molecular flexibility index (Phi) is 4.75. The molecule has 2 aromatic heterocycles. The van der Waals surface area contributed by atoms with Gasteiger partial charge in [0, 0.05) is 24.3 Å². The minimum absolute atomic E-state index is 0.0399. The van der Waals surface area contributed by atoms with Crippen LogP contribution in [-0.4, -0.2) is 34.3 Å². The highest BCUT2D eigenvalue weighted by atomic mass is 32.2. The number of aliphatic hydroxyl groups excluding tert-OH is 1. The summed E-state index contributed by atoms with van der Waals surface area (Å²) in [6, 6.07) is 6.08. The van der Waals surface area contributed by atoms with E-state index in [1.807, 2.05) is 6.92 Å². The molecule has 9 heteroatoms. The SMILES string of the molecule is Cc1cn(-c2nc(Nc3ccc(S(C)(=O)=O)cc3)ncc2F)cc1CO. The lowest BCUT2D eigenvalue weighted by Crippen LogP contribution is -2.05. The maximum Gasteiger partial charge on any atom is 0.229 e. The highest BCUT2D eigenvalue weighted by Gasteiger charge is 2.12. The molecule has 0 radical (unpaired) electrons. The normalized spacial score (nSPS) is 11.5. The summed E-state index contributed by atoms with van der Waals surface area (Å²) < 4.78 is 38.6. The number of halogens is 1. The molecular weight excluding hydrogens is 359 g/mol. The summed E-state index contributed by atoms with van der Waals surface area (Å²) in [6.07, 6.45) is 5.45. The van der Waals surface area contributed by atoms with Crippen LogP contribution in [0.4, 0.5) is 16.0 Å². The summed E-state index contributed by atoms with van der Waals surface area (Å²) in [4.78, 5) is 8.26. The zero-order valence-corrected chi connectivity index (χ0v) is 15.0. The third kappa shape index (κ3) is 3.73. The molecule has 2 heterocycles. The number of benzene rings is 1. The summed E-state index contributed by atoms with van der Waals surface area (Å²) in [5, 5.41) is 12.2. The van der Waals surface area contributed by atoms with Gasteiger partial charge < -0.3 is 15.0 Å². The number of hydrogen-bond donors (Lipinski definition) is 2. The van der Waals surface area contributed by atoms with Gasteiger partial charge in [-0.25, -0.2) is 17.8 Å². The quantitative estimate of drug-likeness (QED) is 0.709. The fourth-order valence-electron chi connectivity index (χ4n) is 2.40. The maximum atomic E-state index is 14.1. The lowest BCUT2D eigenvalue weighted by Gasteiger charge is -2.08. The molecule has 0 fully saturated rings. The van der Waals surface area contributed by atoms with Gasteiger partial charge in [-0.05, 0) is 42.3 Å². The summed E-state index contributed by atoms with van der Waals surface area (Å²) >= 11 is 0. The second-order valence-corrected chi connectivity index (χ2v) is 7.83. The fourth-order valence-corrected chi connectivity index (χ4v) is 3.03. The average Bonchev–Trinajstić information content (AvgIpc) is 2.97. The van der Waals surface area contributed by atoms with Crippen molar-refractivity contribution in [1.29, 1.82) is 0 Å². The molecule has 0 bridgehead atoms. The van der Waals surface area contributed by atoms with Gasteiger partial charge in [0.2, 0.25) is 5.95 Å². The van der Waals surface area contributed by atoms with E-state index < -0.39 is 15.7 Å². The lowest BCUT2D eigenvalue weighted by molar-refractivity contribution is 0.281. The number of rotatable bonds is 5. The summed E-state index contributed by atoms with van der Waals surface area (Å²) in [5.41, 5.74) is 2.06. The standard InChI is InChI=1S/C17H17FN4O3S/c1-11-8-22(9-12(11)10-23)16-15(18)7-19-17(21-16)20-13-3-5-14(6-4-13)26(2,24)25/h3-9,23H,10H2,1-2H3,(H,19,20,21). The number of sulfone groups is 1. The van der Waals surface area contributed by atoms with Gasteiger partial charge in [-0.15, -0.1) is 0 Å². The van der Waals surface area contributed by atoms with E-state index in [0.29, 0.717) is 11.3 Å². The van der Waals surface area contributed by atoms with Crippen LogP contribution in [0.5, 0.6) is 0 Å². The first-order valence-corrected chi connectivity index (χ1v) is 9.55. The van der Waals surface area contributed by atoms with Crippen molar-refractivity contribution in [3.8, 4) is 5.82 Å². The summed E-state index contributed by atoms with van der Waals surface area (Å²) in [5.74, 6) is -0.411. The van der Waals surface area contributed by atoms with Crippen LogP contribution in [0.15, 0.2) is 47.8 Å². The van der Waals surface area contributed by atoms with Crippen molar-refractivity contribution in [2.45, 2.75) is 18.4 Å². The van der Waals surface area contributed by atoms with Crippen molar-refractivity contribution in [3.63, 3.8) is 0 Å². The average molecular weight is 376 g/mol. The summed E-state index contributed by atoms with van der Waals surface area (Å²) in [6.45, 7) is 1.66. The highest BCUT2D eigenvalue weighted by molar-refractivity contribution is 7.90. The smallest absolute Gasteiger partial charge is 0.229 e. The van der Waals surface area contributed by atoms with Gasteiger partial charge in [-0.2, -0.15) is 4.98 Å². The Balaban J connectivity index is 1.90. The number of aryl methyl sites for hydroxylation is 1. The molecule has 0 aliphatic heterocycles. The largest absolute Gasteiger partial charge is 0.392 e. The van der Waals surface area contributed by atoms with Crippen LogP contribution in [0, 0.1) is 12.7 Å². The first-order chi connectivity index (χ1) is 12.3. The molecule has 0 saturated carbocycles. The van der Waals surface area contributed by atoms with E-state index in [1.165, 1.54) is 16.7 Å². The number of hydrogen-bond acceptors (Lipinski definition) is 6. The molecule has 2 N–H and O–H groups in total. The minimum Gasteiger partial charge on any atom is -0.392 e. The first kappa shape index (κ1) is 18.0. The third-order valence-electron chi connectivity index (χ3n) is 3.81. The van der Waals surface area contributed by atoms with Crippen LogP contribution in [-0.2, 0) is 16.4 Å². The predicted octanol–water partition coefficient (Wildman–Crippen LogP) is 2.35. The highest BCUT2D eigenvalue weighted by Crippen LogP contribution is 2.20. The monoisotopic (exact) mass is 376 g/mol. The Morgan fingerprint density at radius 1 is 1.23 bits per heavy atom. The Hall–Kier alpha value is -2.78. The van der Waals surface area contributed by atoms with Gasteiger partial charge in [0.05, 0.1) is 17.7 Å². The Morgan fingerprint density at radius 2 is 1.92 bits per heavy atom. The van der Waals surface area contributed by atoms with Crippen LogP contribution < -0.4 is 5.32 Å². The molecule has 0 aliphatic rings. The predicted molar refractivity (Wildman–Crippen MR) is 94.8 cm³/mol. The topological polar surface area (TPSA) is 97.1 Å². The van der Waals surface area contributed by atoms with Gasteiger partial charge in [0.25, 0.3) is 0 Å². The molecule has 0 atom stereocenters. The Morgan fingerprint density at radius 3 is 2.50 bits per heavy atom. The molecular formula is C17H17FN4O3S. The third-order valence-corrected chi connectivity index (χ3v) is 4.94. The molecule has 26 heavy (non-hydrogen) atoms. The second kappa shape index (κ2) is 6.85. The van der Waals surface area contributed by atoms with Gasteiger partial charge in [-0.1, -0.05) is 0 Å². The van der Waals surface area contributed by atoms with E-state index in [2.05, 4.69) is 15.3 Å². The Labute approximate surface area is 150 Å². The van der Waals surface area contributed by atoms with Gasteiger partial charge in [0.1, 0.15) is 0 Å². The van der Waals surface area contributed by atoms with Crippen molar-refractivity contribution in [3.05, 3.63) is 59.8 Å². The number of aliphatic hydroxyl groups is 1. The van der Waals surface area contributed by atoms with Crippen molar-refractivity contribution in [2.24, 2.45) is 0 Å².